The Morgan fingerprint density at radius 2 is 2.02 bits per heavy atom. The molecule has 2 N–H and O–H groups in total. The summed E-state index contributed by atoms with van der Waals surface area (Å²) in [4.78, 5) is 28.7. The summed E-state index contributed by atoms with van der Waals surface area (Å²) in [6.45, 7) is 3.16. The lowest BCUT2D eigenvalue weighted by Crippen LogP contribution is -2.34. The van der Waals surface area contributed by atoms with Gasteiger partial charge in [0.15, 0.2) is 0 Å². The molecule has 3 aliphatic heterocycles. The summed E-state index contributed by atoms with van der Waals surface area (Å²) in [6.07, 6.45) is 16.2. The molecule has 10 heteroatoms. The van der Waals surface area contributed by atoms with Crippen molar-refractivity contribution in [3.05, 3.63) is 121 Å². The van der Waals surface area contributed by atoms with Crippen molar-refractivity contribution in [2.45, 2.75) is 44.6 Å². The van der Waals surface area contributed by atoms with Crippen LogP contribution in [-0.4, -0.2) is 38.3 Å². The van der Waals surface area contributed by atoms with E-state index in [0.717, 1.165) is 67.4 Å². The quantitative estimate of drug-likeness (QED) is 0.208. The molecular weight excluding hydrogens is 633 g/mol. The molecule has 1 fully saturated rings. The highest BCUT2D eigenvalue weighted by molar-refractivity contribution is 6.31. The van der Waals surface area contributed by atoms with Crippen molar-refractivity contribution in [3.8, 4) is 0 Å². The molecule has 48 heavy (non-hydrogen) atoms. The average molecular weight is 668 g/mol. The second kappa shape index (κ2) is 12.8. The average Bonchev–Trinajstić information content (AvgIpc) is 3.60. The molecule has 5 aliphatic rings. The number of fused-ring (bicyclic) bond motifs is 3. The molecule has 246 valence electrons. The predicted molar refractivity (Wildman–Crippen MR) is 184 cm³/mol. The van der Waals surface area contributed by atoms with Gasteiger partial charge >= 0.3 is 5.63 Å². The lowest BCUT2D eigenvalue weighted by Gasteiger charge is -2.37. The van der Waals surface area contributed by atoms with Crippen molar-refractivity contribution in [3.63, 3.8) is 0 Å². The van der Waals surface area contributed by atoms with E-state index < -0.39 is 11.4 Å². The van der Waals surface area contributed by atoms with Crippen LogP contribution in [0, 0.1) is 11.7 Å². The standard InChI is InChI=1S/C38H35ClFN3O5/c39-30-19-25(9-10-31(30)40)41-32-7-1-4-22-17-34(47-26-12-15-46-21-26)33(20-28(22)32)42-35(44)11-8-23-18-36(45)48-38-27-6-3-14-43-13-2-5-24(37(27)43)16-29(23)38/h1,4,7-11,16,18-20,22,26,41H,2-3,5-6,12-15,17,21H2,(H,42,44)/b11-8+. The third-order valence-corrected chi connectivity index (χ3v) is 9.94. The number of benzene rings is 2. The molecule has 0 spiro atoms. The number of nitrogens with zero attached hydrogens (tertiary/aromatic N) is 1. The zero-order chi connectivity index (χ0) is 32.8. The number of carbonyl (C=O) groups is 1. The van der Waals surface area contributed by atoms with Crippen molar-refractivity contribution >= 4 is 45.9 Å². The van der Waals surface area contributed by atoms with E-state index in [9.17, 15) is 14.0 Å². The van der Waals surface area contributed by atoms with Crippen LogP contribution in [0.15, 0.2) is 92.6 Å². The number of halogens is 2. The highest BCUT2D eigenvalue weighted by atomic mass is 35.5. The molecule has 2 atom stereocenters. The number of nitrogens with one attached hydrogen (secondary N) is 2. The number of anilines is 2. The highest BCUT2D eigenvalue weighted by Gasteiger charge is 2.30. The van der Waals surface area contributed by atoms with Crippen LogP contribution in [-0.2, 0) is 27.1 Å². The summed E-state index contributed by atoms with van der Waals surface area (Å²) < 4.78 is 31.6. The molecular formula is C38H35ClFN3O5. The number of hydrogen-bond donors (Lipinski definition) is 2. The molecule has 4 heterocycles. The molecule has 8 nitrogen and oxygen atoms in total. The number of carbonyl (C=O) groups excluding carboxylic acids is 1. The molecule has 1 amide bonds. The minimum absolute atomic E-state index is 0.000246. The Morgan fingerprint density at radius 3 is 2.85 bits per heavy atom. The normalized spacial score (nSPS) is 21.6. The van der Waals surface area contributed by atoms with Gasteiger partial charge in [-0.25, -0.2) is 9.18 Å². The van der Waals surface area contributed by atoms with Gasteiger partial charge in [-0.05, 0) is 84.9 Å². The zero-order valence-corrected chi connectivity index (χ0v) is 27.1. The van der Waals surface area contributed by atoms with Gasteiger partial charge in [-0.2, -0.15) is 0 Å². The van der Waals surface area contributed by atoms with E-state index in [1.165, 1.54) is 29.5 Å². The number of hydrogen-bond acceptors (Lipinski definition) is 7. The van der Waals surface area contributed by atoms with Crippen molar-refractivity contribution in [1.82, 2.24) is 5.32 Å². The van der Waals surface area contributed by atoms with Crippen molar-refractivity contribution in [2.75, 3.05) is 36.5 Å². The lowest BCUT2D eigenvalue weighted by molar-refractivity contribution is -0.115. The highest BCUT2D eigenvalue weighted by Crippen LogP contribution is 2.41. The zero-order valence-electron chi connectivity index (χ0n) is 26.3. The first-order valence-corrected chi connectivity index (χ1v) is 16.9. The number of ether oxygens (including phenoxy) is 2. The molecule has 1 aromatic heterocycles. The Kier molecular flexibility index (Phi) is 8.18. The van der Waals surface area contributed by atoms with Gasteiger partial charge in [0.25, 0.3) is 0 Å². The van der Waals surface area contributed by atoms with Gasteiger partial charge in [-0.15, -0.1) is 0 Å². The smallest absolute Gasteiger partial charge is 0.336 e. The first-order chi connectivity index (χ1) is 23.4. The molecule has 0 bridgehead atoms. The third kappa shape index (κ3) is 5.97. The van der Waals surface area contributed by atoms with Crippen molar-refractivity contribution in [1.29, 1.82) is 0 Å². The van der Waals surface area contributed by atoms with E-state index in [1.54, 1.807) is 18.2 Å². The summed E-state index contributed by atoms with van der Waals surface area (Å²) >= 11 is 6.04. The summed E-state index contributed by atoms with van der Waals surface area (Å²) in [5.41, 5.74) is 7.38. The van der Waals surface area contributed by atoms with Crippen molar-refractivity contribution in [2.24, 2.45) is 5.92 Å². The second-order valence-corrected chi connectivity index (χ2v) is 13.3. The first kappa shape index (κ1) is 30.7. The van der Waals surface area contributed by atoms with Crippen LogP contribution in [0.4, 0.5) is 15.8 Å². The summed E-state index contributed by atoms with van der Waals surface area (Å²) in [5, 5.41) is 7.28. The topological polar surface area (TPSA) is 93.0 Å². The fraction of sp³-hybridized carbons (Fsp3) is 0.316. The molecule has 2 aromatic carbocycles. The third-order valence-electron chi connectivity index (χ3n) is 9.65. The van der Waals surface area contributed by atoms with E-state index in [0.29, 0.717) is 47.9 Å². The first-order valence-electron chi connectivity index (χ1n) is 16.6. The Bertz CT molecular complexity index is 2040. The monoisotopic (exact) mass is 667 g/mol. The number of amides is 1. The fourth-order valence-electron chi connectivity index (χ4n) is 7.44. The molecule has 2 aliphatic carbocycles. The van der Waals surface area contributed by atoms with E-state index in [2.05, 4.69) is 27.7 Å². The van der Waals surface area contributed by atoms with E-state index in [1.807, 2.05) is 18.2 Å². The van der Waals surface area contributed by atoms with Crippen LogP contribution in [0.2, 0.25) is 5.02 Å². The van der Waals surface area contributed by atoms with Crippen LogP contribution in [0.3, 0.4) is 0 Å². The minimum Gasteiger partial charge on any atom is -0.490 e. The SMILES string of the molecule is O=C(/C=C/c1cc(=O)oc2c3c4c(cc12)CCCN4CCC3)NC1=C(OC2CCOC2)CC2C=CC=C(Nc3ccc(F)c(Cl)c3)C2=C1. The van der Waals surface area contributed by atoms with Crippen LogP contribution < -0.4 is 21.2 Å². The van der Waals surface area contributed by atoms with Crippen LogP contribution >= 0.6 is 11.6 Å². The molecule has 0 saturated carbocycles. The number of rotatable bonds is 7. The largest absolute Gasteiger partial charge is 0.490 e. The maximum atomic E-state index is 13.8. The van der Waals surface area contributed by atoms with E-state index in [4.69, 9.17) is 25.5 Å². The second-order valence-electron chi connectivity index (χ2n) is 12.8. The summed E-state index contributed by atoms with van der Waals surface area (Å²) in [7, 11) is 0. The summed E-state index contributed by atoms with van der Waals surface area (Å²) in [5.74, 6) is -0.165. The Hall–Kier alpha value is -4.60. The lowest BCUT2D eigenvalue weighted by atomic mass is 9.84. The van der Waals surface area contributed by atoms with Gasteiger partial charge in [0.1, 0.15) is 23.3 Å². The van der Waals surface area contributed by atoms with Crippen LogP contribution in [0.1, 0.15) is 42.4 Å². The van der Waals surface area contributed by atoms with E-state index in [-0.39, 0.29) is 23.0 Å². The Balaban J connectivity index is 1.10. The van der Waals surface area contributed by atoms with Gasteiger partial charge in [0.2, 0.25) is 5.91 Å². The fourth-order valence-corrected chi connectivity index (χ4v) is 7.62. The minimum atomic E-state index is -0.488. The Morgan fingerprint density at radius 1 is 1.15 bits per heavy atom. The molecule has 8 rings (SSSR count). The summed E-state index contributed by atoms with van der Waals surface area (Å²) in [6, 6.07) is 8.08. The molecule has 2 unspecified atom stereocenters. The maximum absolute atomic E-state index is 13.8. The van der Waals surface area contributed by atoms with Gasteiger partial charge in [-0.1, -0.05) is 23.8 Å². The van der Waals surface area contributed by atoms with E-state index >= 15 is 0 Å². The van der Waals surface area contributed by atoms with Crippen LogP contribution in [0.25, 0.3) is 17.0 Å². The van der Waals surface area contributed by atoms with Gasteiger partial charge in [0.05, 0.1) is 23.9 Å². The van der Waals surface area contributed by atoms with Crippen molar-refractivity contribution < 1.29 is 23.1 Å². The molecule has 0 radical (unpaired) electrons. The van der Waals surface area contributed by atoms with Gasteiger partial charge in [0, 0.05) is 72.0 Å². The van der Waals surface area contributed by atoms with Crippen LogP contribution in [0.5, 0.6) is 0 Å². The maximum Gasteiger partial charge on any atom is 0.336 e. The molecule has 3 aromatic rings. The Labute approximate surface area is 282 Å². The van der Waals surface area contributed by atoms with Gasteiger partial charge < -0.3 is 29.4 Å². The van der Waals surface area contributed by atoms with Gasteiger partial charge in [-0.3, -0.25) is 4.79 Å². The predicted octanol–water partition coefficient (Wildman–Crippen LogP) is 6.94. The number of aryl methyl sites for hydroxylation is 2. The molecule has 1 saturated heterocycles. The number of allylic oxidation sites excluding steroid dienone is 6.